The number of alkyl halides is 3. The fourth-order valence-corrected chi connectivity index (χ4v) is 2.49. The topological polar surface area (TPSA) is 83.5 Å². The molecule has 1 aromatic carbocycles. The summed E-state index contributed by atoms with van der Waals surface area (Å²) in [5.41, 5.74) is -0.944. The van der Waals surface area contributed by atoms with Gasteiger partial charge in [0.05, 0.1) is 16.4 Å². The molecule has 0 spiro atoms. The Balaban J connectivity index is 2.73. The zero-order valence-electron chi connectivity index (χ0n) is 11.0. The number of hydrogen-bond donors (Lipinski definition) is 2. The molecule has 21 heavy (non-hydrogen) atoms. The van der Waals surface area contributed by atoms with E-state index in [1.165, 1.54) is 6.92 Å². The van der Waals surface area contributed by atoms with Crippen molar-refractivity contribution in [1.82, 2.24) is 4.72 Å². The predicted molar refractivity (Wildman–Crippen MR) is 68.0 cm³/mol. The molecule has 1 aromatic rings. The SMILES string of the molecule is CC(CCNS(=O)(=O)c1ccc(C(F)(F)F)cc1)C(=O)O. The van der Waals surface area contributed by atoms with Crippen LogP contribution < -0.4 is 4.72 Å². The molecule has 0 heterocycles. The van der Waals surface area contributed by atoms with Gasteiger partial charge in [-0.3, -0.25) is 4.79 Å². The minimum atomic E-state index is -4.54. The van der Waals surface area contributed by atoms with Gasteiger partial charge in [0.25, 0.3) is 0 Å². The number of rotatable bonds is 6. The molecule has 0 fully saturated rings. The van der Waals surface area contributed by atoms with Crippen molar-refractivity contribution >= 4 is 16.0 Å². The van der Waals surface area contributed by atoms with Crippen LogP contribution in [0.15, 0.2) is 29.2 Å². The van der Waals surface area contributed by atoms with Gasteiger partial charge in [-0.2, -0.15) is 13.2 Å². The van der Waals surface area contributed by atoms with E-state index in [0.29, 0.717) is 12.1 Å². The summed E-state index contributed by atoms with van der Waals surface area (Å²) in [7, 11) is -3.95. The van der Waals surface area contributed by atoms with E-state index in [0.717, 1.165) is 12.1 Å². The third-order valence-corrected chi connectivity index (χ3v) is 4.26. The first-order valence-electron chi connectivity index (χ1n) is 5.94. The maximum Gasteiger partial charge on any atom is 0.416 e. The van der Waals surface area contributed by atoms with Crippen molar-refractivity contribution in [2.45, 2.75) is 24.4 Å². The number of benzene rings is 1. The number of aliphatic carboxylic acids is 1. The predicted octanol–water partition coefficient (Wildman–Crippen LogP) is 2.09. The Bertz CT molecular complexity index is 596. The summed E-state index contributed by atoms with van der Waals surface area (Å²) in [6.45, 7) is 1.31. The summed E-state index contributed by atoms with van der Waals surface area (Å²) in [6.07, 6.45) is -4.46. The maximum absolute atomic E-state index is 12.4. The molecule has 0 bridgehead atoms. The summed E-state index contributed by atoms with van der Waals surface area (Å²) >= 11 is 0. The molecule has 0 aliphatic heterocycles. The quantitative estimate of drug-likeness (QED) is 0.839. The first kappa shape index (κ1) is 17.4. The monoisotopic (exact) mass is 325 g/mol. The average molecular weight is 325 g/mol. The largest absolute Gasteiger partial charge is 0.481 e. The summed E-state index contributed by atoms with van der Waals surface area (Å²) in [4.78, 5) is 10.3. The van der Waals surface area contributed by atoms with Crippen LogP contribution in [0.2, 0.25) is 0 Å². The summed E-state index contributed by atoms with van der Waals surface area (Å²) in [5, 5.41) is 8.65. The van der Waals surface area contributed by atoms with Gasteiger partial charge in [-0.15, -0.1) is 0 Å². The van der Waals surface area contributed by atoms with Crippen LogP contribution in [0.1, 0.15) is 18.9 Å². The molecular weight excluding hydrogens is 311 g/mol. The van der Waals surface area contributed by atoms with Crippen LogP contribution in [0.25, 0.3) is 0 Å². The molecule has 1 rings (SSSR count). The van der Waals surface area contributed by atoms with E-state index >= 15 is 0 Å². The highest BCUT2D eigenvalue weighted by molar-refractivity contribution is 7.89. The Morgan fingerprint density at radius 3 is 2.24 bits per heavy atom. The van der Waals surface area contributed by atoms with Crippen LogP contribution in [0.4, 0.5) is 13.2 Å². The fourth-order valence-electron chi connectivity index (χ4n) is 1.44. The fraction of sp³-hybridized carbons (Fsp3) is 0.417. The van der Waals surface area contributed by atoms with Crippen molar-refractivity contribution in [2.24, 2.45) is 5.92 Å². The first-order valence-corrected chi connectivity index (χ1v) is 7.42. The number of carbonyl (C=O) groups is 1. The highest BCUT2D eigenvalue weighted by Gasteiger charge is 2.30. The number of hydrogen-bond acceptors (Lipinski definition) is 3. The molecule has 0 amide bonds. The Morgan fingerprint density at radius 1 is 1.29 bits per heavy atom. The molecule has 0 aliphatic carbocycles. The molecular formula is C12H14F3NO4S. The second-order valence-electron chi connectivity index (χ2n) is 4.45. The van der Waals surface area contributed by atoms with Crippen molar-refractivity contribution in [2.75, 3.05) is 6.54 Å². The molecule has 1 unspecified atom stereocenters. The van der Waals surface area contributed by atoms with Gasteiger partial charge in [-0.1, -0.05) is 6.92 Å². The molecule has 0 aromatic heterocycles. The van der Waals surface area contributed by atoms with E-state index in [1.54, 1.807) is 0 Å². The number of nitrogens with one attached hydrogen (secondary N) is 1. The summed E-state index contributed by atoms with van der Waals surface area (Å²) < 4.78 is 62.8. The van der Waals surface area contributed by atoms with E-state index in [4.69, 9.17) is 5.11 Å². The average Bonchev–Trinajstić information content (AvgIpc) is 2.37. The van der Waals surface area contributed by atoms with Crippen LogP contribution in [-0.2, 0) is 21.0 Å². The van der Waals surface area contributed by atoms with Crippen LogP contribution in [0.3, 0.4) is 0 Å². The first-order chi connectivity index (χ1) is 9.54. The Hall–Kier alpha value is -1.61. The minimum absolute atomic E-state index is 0.0786. The molecule has 0 radical (unpaired) electrons. The lowest BCUT2D eigenvalue weighted by molar-refractivity contribution is -0.141. The van der Waals surface area contributed by atoms with Gasteiger partial charge in [-0.25, -0.2) is 13.1 Å². The zero-order chi connectivity index (χ0) is 16.3. The van der Waals surface area contributed by atoms with E-state index in [2.05, 4.69) is 4.72 Å². The normalized spacial score (nSPS) is 13.9. The van der Waals surface area contributed by atoms with Crippen molar-refractivity contribution < 1.29 is 31.5 Å². The molecule has 0 saturated carbocycles. The third-order valence-electron chi connectivity index (χ3n) is 2.78. The van der Waals surface area contributed by atoms with E-state index in [-0.39, 0.29) is 17.9 Å². The van der Waals surface area contributed by atoms with Crippen molar-refractivity contribution in [1.29, 1.82) is 0 Å². The van der Waals surface area contributed by atoms with Crippen LogP contribution in [0, 0.1) is 5.92 Å². The lowest BCUT2D eigenvalue weighted by Gasteiger charge is -2.10. The highest BCUT2D eigenvalue weighted by atomic mass is 32.2. The van der Waals surface area contributed by atoms with E-state index < -0.39 is 33.7 Å². The number of halogens is 3. The summed E-state index contributed by atoms with van der Waals surface area (Å²) in [5.74, 6) is -1.77. The second kappa shape index (κ2) is 6.44. The molecule has 118 valence electrons. The number of carboxylic acids is 1. The molecule has 2 N–H and O–H groups in total. The Labute approximate surface area is 119 Å². The lowest BCUT2D eigenvalue weighted by Crippen LogP contribution is -2.27. The van der Waals surface area contributed by atoms with Crippen molar-refractivity contribution in [3.05, 3.63) is 29.8 Å². The number of carboxylic acid groups (broad SMARTS) is 1. The zero-order valence-corrected chi connectivity index (χ0v) is 11.8. The second-order valence-corrected chi connectivity index (χ2v) is 6.21. The van der Waals surface area contributed by atoms with Crippen LogP contribution in [0.5, 0.6) is 0 Å². The van der Waals surface area contributed by atoms with Crippen molar-refractivity contribution in [3.63, 3.8) is 0 Å². The van der Waals surface area contributed by atoms with Crippen molar-refractivity contribution in [3.8, 4) is 0 Å². The highest BCUT2D eigenvalue weighted by Crippen LogP contribution is 2.29. The molecule has 9 heteroatoms. The van der Waals surface area contributed by atoms with Gasteiger partial charge in [0.15, 0.2) is 0 Å². The van der Waals surface area contributed by atoms with Gasteiger partial charge < -0.3 is 5.11 Å². The molecule has 5 nitrogen and oxygen atoms in total. The molecule has 0 aliphatic rings. The molecule has 1 atom stereocenters. The molecule has 0 saturated heterocycles. The van der Waals surface area contributed by atoms with Crippen LogP contribution in [-0.4, -0.2) is 26.0 Å². The standard InChI is InChI=1S/C12H14F3NO4S/c1-8(11(17)18)6-7-16-21(19,20)10-4-2-9(3-5-10)12(13,14)15/h2-5,8,16H,6-7H2,1H3,(H,17,18). The van der Waals surface area contributed by atoms with Gasteiger partial charge in [0.2, 0.25) is 10.0 Å². The van der Waals surface area contributed by atoms with Gasteiger partial charge >= 0.3 is 12.1 Å². The van der Waals surface area contributed by atoms with E-state index in [9.17, 15) is 26.4 Å². The Kier molecular flexibility index (Phi) is 5.35. The van der Waals surface area contributed by atoms with E-state index in [1.807, 2.05) is 0 Å². The van der Waals surface area contributed by atoms with Gasteiger partial charge in [-0.05, 0) is 30.7 Å². The van der Waals surface area contributed by atoms with Gasteiger partial charge in [0, 0.05) is 6.54 Å². The third kappa shape index (κ3) is 5.01. The van der Waals surface area contributed by atoms with Crippen LogP contribution >= 0.6 is 0 Å². The number of sulfonamides is 1. The smallest absolute Gasteiger partial charge is 0.416 e. The van der Waals surface area contributed by atoms with Gasteiger partial charge in [0.1, 0.15) is 0 Å². The lowest BCUT2D eigenvalue weighted by atomic mass is 10.1. The Morgan fingerprint density at radius 2 is 1.81 bits per heavy atom. The summed E-state index contributed by atoms with van der Waals surface area (Å²) in [6, 6.07) is 3.06. The maximum atomic E-state index is 12.4. The minimum Gasteiger partial charge on any atom is -0.481 e.